The second kappa shape index (κ2) is 8.17. The molecule has 0 atom stereocenters. The van der Waals surface area contributed by atoms with Crippen molar-refractivity contribution in [1.82, 2.24) is 20.0 Å². The lowest BCUT2D eigenvalue weighted by Crippen LogP contribution is -2.38. The van der Waals surface area contributed by atoms with E-state index >= 15 is 0 Å². The van der Waals surface area contributed by atoms with Crippen LogP contribution in [0.25, 0.3) is 4.96 Å². The third-order valence-electron chi connectivity index (χ3n) is 3.53. The molecule has 3 aromatic rings. The zero-order valence-corrected chi connectivity index (χ0v) is 15.1. The van der Waals surface area contributed by atoms with E-state index < -0.39 is 0 Å². The first kappa shape index (κ1) is 16.8. The molecule has 126 valence electrons. The van der Waals surface area contributed by atoms with Gasteiger partial charge in [0.05, 0.1) is 12.2 Å². The summed E-state index contributed by atoms with van der Waals surface area (Å²) in [4.78, 5) is 10.1. The molecule has 1 aromatic carbocycles. The van der Waals surface area contributed by atoms with Crippen molar-refractivity contribution in [3.63, 3.8) is 0 Å². The minimum atomic E-state index is 0.551. The second-order valence-corrected chi connectivity index (χ2v) is 6.57. The summed E-state index contributed by atoms with van der Waals surface area (Å²) in [5.41, 5.74) is 2.10. The Kier molecular flexibility index (Phi) is 5.72. The number of guanidine groups is 1. The monoisotopic (exact) mass is 361 g/mol. The Morgan fingerprint density at radius 1 is 1.33 bits per heavy atom. The van der Waals surface area contributed by atoms with Crippen LogP contribution in [0.4, 0.5) is 0 Å². The second-order valence-electron chi connectivity index (χ2n) is 5.29. The number of fused-ring (bicyclic) bond motifs is 1. The predicted octanol–water partition coefficient (Wildman–Crippen LogP) is 3.35. The fourth-order valence-corrected chi connectivity index (χ4v) is 3.32. The van der Waals surface area contributed by atoms with Gasteiger partial charge in [-0.1, -0.05) is 29.8 Å². The van der Waals surface area contributed by atoms with E-state index in [4.69, 9.17) is 11.6 Å². The topological polar surface area (TPSA) is 53.7 Å². The molecule has 0 radical (unpaired) electrons. The summed E-state index contributed by atoms with van der Waals surface area (Å²) in [5.74, 6) is 0.793. The van der Waals surface area contributed by atoms with Gasteiger partial charge >= 0.3 is 0 Å². The number of nitrogens with zero attached hydrogens (tertiary/aromatic N) is 3. The highest BCUT2D eigenvalue weighted by Crippen LogP contribution is 2.15. The van der Waals surface area contributed by atoms with Crippen molar-refractivity contribution in [3.8, 4) is 0 Å². The first-order chi connectivity index (χ1) is 11.8. The number of imidazole rings is 1. The van der Waals surface area contributed by atoms with Crippen LogP contribution in [0.5, 0.6) is 0 Å². The molecule has 0 spiro atoms. The molecule has 0 amide bonds. The van der Waals surface area contributed by atoms with Gasteiger partial charge in [-0.3, -0.25) is 4.40 Å². The molecule has 5 nitrogen and oxygen atoms in total. The molecule has 0 aliphatic rings. The van der Waals surface area contributed by atoms with Crippen molar-refractivity contribution in [1.29, 1.82) is 0 Å². The van der Waals surface area contributed by atoms with Crippen molar-refractivity contribution in [2.75, 3.05) is 13.1 Å². The lowest BCUT2D eigenvalue weighted by Gasteiger charge is -2.11. The fourth-order valence-electron chi connectivity index (χ4n) is 2.37. The molecule has 24 heavy (non-hydrogen) atoms. The summed E-state index contributed by atoms with van der Waals surface area (Å²) in [7, 11) is 0. The van der Waals surface area contributed by atoms with Gasteiger partial charge in [0.2, 0.25) is 0 Å². The number of benzene rings is 1. The summed E-state index contributed by atoms with van der Waals surface area (Å²) in [5, 5.41) is 9.43. The van der Waals surface area contributed by atoms with Crippen LogP contribution in [0.3, 0.4) is 0 Å². The van der Waals surface area contributed by atoms with Gasteiger partial charge < -0.3 is 10.6 Å². The van der Waals surface area contributed by atoms with Crippen LogP contribution < -0.4 is 10.6 Å². The van der Waals surface area contributed by atoms with E-state index in [-0.39, 0.29) is 0 Å². The van der Waals surface area contributed by atoms with Crippen molar-refractivity contribution in [2.45, 2.75) is 19.9 Å². The third kappa shape index (κ3) is 4.27. The maximum atomic E-state index is 6.19. The largest absolute Gasteiger partial charge is 0.357 e. The normalized spacial score (nSPS) is 11.8. The van der Waals surface area contributed by atoms with Crippen LogP contribution in [-0.4, -0.2) is 28.4 Å². The molecule has 0 bridgehead atoms. The molecular formula is C17H20ClN5S. The molecular weight excluding hydrogens is 342 g/mol. The number of hydrogen-bond donors (Lipinski definition) is 2. The Morgan fingerprint density at radius 2 is 2.21 bits per heavy atom. The minimum Gasteiger partial charge on any atom is -0.357 e. The SMILES string of the molecule is CCNC(=NCc1cn2ccsc2n1)NCCc1ccccc1Cl. The van der Waals surface area contributed by atoms with Gasteiger partial charge in [0.25, 0.3) is 0 Å². The maximum Gasteiger partial charge on any atom is 0.193 e. The molecule has 2 N–H and O–H groups in total. The summed E-state index contributed by atoms with van der Waals surface area (Å²) < 4.78 is 2.02. The first-order valence-corrected chi connectivity index (χ1v) is 9.18. The third-order valence-corrected chi connectivity index (χ3v) is 4.67. The molecule has 2 heterocycles. The maximum absolute atomic E-state index is 6.19. The number of halogens is 1. The molecule has 0 saturated carbocycles. The average Bonchev–Trinajstić information content (AvgIpc) is 3.16. The summed E-state index contributed by atoms with van der Waals surface area (Å²) >= 11 is 7.81. The molecule has 0 saturated heterocycles. The van der Waals surface area contributed by atoms with E-state index in [1.165, 1.54) is 0 Å². The van der Waals surface area contributed by atoms with E-state index in [2.05, 4.69) is 27.5 Å². The quantitative estimate of drug-likeness (QED) is 0.523. The van der Waals surface area contributed by atoms with Crippen molar-refractivity contribution in [2.24, 2.45) is 4.99 Å². The van der Waals surface area contributed by atoms with E-state index in [1.807, 2.05) is 46.4 Å². The Morgan fingerprint density at radius 3 is 3.00 bits per heavy atom. The standard InChI is InChI=1S/C17H20ClN5S/c1-2-19-16(20-8-7-13-5-3-4-6-15(13)18)21-11-14-12-23-9-10-24-17(23)22-14/h3-6,9-10,12H,2,7-8,11H2,1H3,(H2,19,20,21). The predicted molar refractivity (Wildman–Crippen MR) is 101 cm³/mol. The minimum absolute atomic E-state index is 0.551. The lowest BCUT2D eigenvalue weighted by atomic mass is 10.1. The molecule has 0 unspecified atom stereocenters. The van der Waals surface area contributed by atoms with Crippen LogP contribution in [0.15, 0.2) is 47.0 Å². The van der Waals surface area contributed by atoms with E-state index in [9.17, 15) is 0 Å². The van der Waals surface area contributed by atoms with Gasteiger partial charge in [-0.2, -0.15) is 0 Å². The van der Waals surface area contributed by atoms with Gasteiger partial charge in [-0.05, 0) is 25.0 Å². The number of nitrogens with one attached hydrogen (secondary N) is 2. The highest BCUT2D eigenvalue weighted by molar-refractivity contribution is 7.15. The Labute approximate surface area is 150 Å². The smallest absolute Gasteiger partial charge is 0.193 e. The van der Waals surface area contributed by atoms with Crippen LogP contribution in [0.1, 0.15) is 18.2 Å². The Hall–Kier alpha value is -2.05. The highest BCUT2D eigenvalue weighted by atomic mass is 35.5. The van der Waals surface area contributed by atoms with Crippen molar-refractivity contribution in [3.05, 3.63) is 58.3 Å². The number of thiazole rings is 1. The molecule has 7 heteroatoms. The number of aromatic nitrogens is 2. The average molecular weight is 362 g/mol. The summed E-state index contributed by atoms with van der Waals surface area (Å²) in [6, 6.07) is 7.91. The van der Waals surface area contributed by atoms with Crippen LogP contribution in [-0.2, 0) is 13.0 Å². The molecule has 0 aliphatic heterocycles. The van der Waals surface area contributed by atoms with Crippen molar-refractivity contribution >= 4 is 33.9 Å². The molecule has 0 fully saturated rings. The van der Waals surface area contributed by atoms with E-state index in [1.54, 1.807) is 11.3 Å². The van der Waals surface area contributed by atoms with E-state index in [0.29, 0.717) is 6.54 Å². The van der Waals surface area contributed by atoms with E-state index in [0.717, 1.165) is 46.7 Å². The van der Waals surface area contributed by atoms with Gasteiger partial charge in [-0.15, -0.1) is 11.3 Å². The van der Waals surface area contributed by atoms with Gasteiger partial charge in [-0.25, -0.2) is 9.98 Å². The Balaban J connectivity index is 1.57. The highest BCUT2D eigenvalue weighted by Gasteiger charge is 2.04. The van der Waals surface area contributed by atoms with Gasteiger partial charge in [0, 0.05) is 35.9 Å². The summed E-state index contributed by atoms with van der Waals surface area (Å²) in [6.45, 7) is 4.19. The van der Waals surface area contributed by atoms with Gasteiger partial charge in [0.1, 0.15) is 0 Å². The first-order valence-electron chi connectivity index (χ1n) is 7.93. The fraction of sp³-hybridized carbons (Fsp3) is 0.294. The number of rotatable bonds is 6. The molecule has 3 rings (SSSR count). The zero-order valence-electron chi connectivity index (χ0n) is 13.5. The Bertz CT molecular complexity index is 795. The van der Waals surface area contributed by atoms with Gasteiger partial charge in [0.15, 0.2) is 10.9 Å². The van der Waals surface area contributed by atoms with Crippen LogP contribution >= 0.6 is 22.9 Å². The number of hydrogen-bond acceptors (Lipinski definition) is 3. The van der Waals surface area contributed by atoms with Crippen molar-refractivity contribution < 1.29 is 0 Å². The van der Waals surface area contributed by atoms with Crippen LogP contribution in [0.2, 0.25) is 5.02 Å². The zero-order chi connectivity index (χ0) is 16.8. The summed E-state index contributed by atoms with van der Waals surface area (Å²) in [6.07, 6.45) is 4.88. The number of aliphatic imine (C=N–C) groups is 1. The van der Waals surface area contributed by atoms with Crippen LogP contribution in [0, 0.1) is 0 Å². The molecule has 2 aromatic heterocycles. The lowest BCUT2D eigenvalue weighted by molar-refractivity contribution is 0.797. The molecule has 0 aliphatic carbocycles.